The lowest BCUT2D eigenvalue weighted by Gasteiger charge is -2.10. The van der Waals surface area contributed by atoms with Crippen molar-refractivity contribution >= 4 is 17.3 Å². The Bertz CT molecular complexity index is 716. The Morgan fingerprint density at radius 1 is 1.17 bits per heavy atom. The number of benzene rings is 1. The van der Waals surface area contributed by atoms with E-state index in [2.05, 4.69) is 29.5 Å². The van der Waals surface area contributed by atoms with Crippen LogP contribution in [0.1, 0.15) is 24.3 Å². The minimum Gasteiger partial charge on any atom is -0.454 e. The highest BCUT2D eigenvalue weighted by Gasteiger charge is 2.15. The van der Waals surface area contributed by atoms with Crippen LogP contribution < -0.4 is 20.1 Å². The van der Waals surface area contributed by atoms with Gasteiger partial charge in [0.25, 0.3) is 5.91 Å². The summed E-state index contributed by atoms with van der Waals surface area (Å²) in [6.07, 6.45) is 1.62. The van der Waals surface area contributed by atoms with Gasteiger partial charge in [-0.3, -0.25) is 9.78 Å². The molecule has 3 rings (SSSR count). The van der Waals surface area contributed by atoms with Crippen LogP contribution in [0.25, 0.3) is 0 Å². The molecule has 0 fully saturated rings. The Hall–Kier alpha value is -2.76. The minimum atomic E-state index is -0.267. The molecule has 6 heteroatoms. The molecule has 2 aromatic rings. The summed E-state index contributed by atoms with van der Waals surface area (Å²) in [5, 5.41) is 6.10. The van der Waals surface area contributed by atoms with Crippen molar-refractivity contribution in [2.24, 2.45) is 5.92 Å². The number of hydrogen-bond acceptors (Lipinski definition) is 5. The van der Waals surface area contributed by atoms with E-state index >= 15 is 0 Å². The van der Waals surface area contributed by atoms with E-state index in [0.717, 1.165) is 12.2 Å². The molecule has 0 saturated carbocycles. The molecule has 1 amide bonds. The largest absolute Gasteiger partial charge is 0.454 e. The number of carbonyl (C=O) groups excluding carboxylic acids is 1. The predicted molar refractivity (Wildman–Crippen MR) is 88.1 cm³/mol. The Morgan fingerprint density at radius 3 is 2.83 bits per heavy atom. The van der Waals surface area contributed by atoms with Crippen molar-refractivity contribution in [2.75, 3.05) is 24.0 Å². The van der Waals surface area contributed by atoms with Gasteiger partial charge in [-0.05, 0) is 30.2 Å². The highest BCUT2D eigenvalue weighted by Crippen LogP contribution is 2.34. The molecule has 1 aromatic carbocycles. The van der Waals surface area contributed by atoms with E-state index < -0.39 is 0 Å². The molecule has 0 unspecified atom stereocenters. The number of hydrogen-bond donors (Lipinski definition) is 2. The van der Waals surface area contributed by atoms with Gasteiger partial charge in [0.1, 0.15) is 5.69 Å². The first-order chi connectivity index (χ1) is 11.1. The monoisotopic (exact) mass is 313 g/mol. The average Bonchev–Trinajstić information content (AvgIpc) is 3.01. The SMILES string of the molecule is CC(C)CNc1ccnc(C(=O)Nc2ccc3c(c2)OCO3)c1. The van der Waals surface area contributed by atoms with Crippen LogP contribution in [0, 0.1) is 5.92 Å². The Kier molecular flexibility index (Phi) is 4.32. The third-order valence-corrected chi connectivity index (χ3v) is 3.34. The van der Waals surface area contributed by atoms with Gasteiger partial charge in [0.2, 0.25) is 6.79 Å². The van der Waals surface area contributed by atoms with Gasteiger partial charge in [0.15, 0.2) is 11.5 Å². The fraction of sp³-hybridized carbons (Fsp3) is 0.294. The normalized spacial score (nSPS) is 12.3. The maximum absolute atomic E-state index is 12.3. The summed E-state index contributed by atoms with van der Waals surface area (Å²) in [6.45, 7) is 5.30. The average molecular weight is 313 g/mol. The second-order valence-electron chi connectivity index (χ2n) is 5.73. The third-order valence-electron chi connectivity index (χ3n) is 3.34. The van der Waals surface area contributed by atoms with E-state index in [1.165, 1.54) is 0 Å². The molecule has 0 bridgehead atoms. The zero-order valence-electron chi connectivity index (χ0n) is 13.1. The van der Waals surface area contributed by atoms with Crippen LogP contribution >= 0.6 is 0 Å². The summed E-state index contributed by atoms with van der Waals surface area (Å²) in [6, 6.07) is 8.86. The summed E-state index contributed by atoms with van der Waals surface area (Å²) < 4.78 is 10.6. The standard InChI is InChI=1S/C17H19N3O3/c1-11(2)9-19-12-5-6-18-14(7-12)17(21)20-13-3-4-15-16(8-13)23-10-22-15/h3-8,11H,9-10H2,1-2H3,(H,18,19)(H,20,21). The molecule has 2 N–H and O–H groups in total. The van der Waals surface area contributed by atoms with Crippen molar-refractivity contribution in [3.8, 4) is 11.5 Å². The van der Waals surface area contributed by atoms with Crippen molar-refractivity contribution in [3.63, 3.8) is 0 Å². The lowest BCUT2D eigenvalue weighted by Crippen LogP contribution is -2.14. The number of fused-ring (bicyclic) bond motifs is 1. The smallest absolute Gasteiger partial charge is 0.274 e. The number of nitrogens with one attached hydrogen (secondary N) is 2. The molecule has 2 heterocycles. The van der Waals surface area contributed by atoms with Crippen molar-refractivity contribution < 1.29 is 14.3 Å². The zero-order valence-corrected chi connectivity index (χ0v) is 13.1. The van der Waals surface area contributed by atoms with Crippen molar-refractivity contribution in [3.05, 3.63) is 42.2 Å². The summed E-state index contributed by atoms with van der Waals surface area (Å²) in [5.41, 5.74) is 1.88. The van der Waals surface area contributed by atoms with E-state index in [-0.39, 0.29) is 12.7 Å². The van der Waals surface area contributed by atoms with Crippen LogP contribution in [0.2, 0.25) is 0 Å². The van der Waals surface area contributed by atoms with Crippen molar-refractivity contribution in [2.45, 2.75) is 13.8 Å². The van der Waals surface area contributed by atoms with Crippen LogP contribution in [0.4, 0.5) is 11.4 Å². The highest BCUT2D eigenvalue weighted by molar-refractivity contribution is 6.03. The minimum absolute atomic E-state index is 0.206. The molecular formula is C17H19N3O3. The van der Waals surface area contributed by atoms with Gasteiger partial charge >= 0.3 is 0 Å². The first kappa shape index (κ1) is 15.1. The summed E-state index contributed by atoms with van der Waals surface area (Å²) in [7, 11) is 0. The lowest BCUT2D eigenvalue weighted by atomic mass is 10.2. The van der Waals surface area contributed by atoms with Crippen LogP contribution in [0.5, 0.6) is 11.5 Å². The molecule has 1 aliphatic rings. The fourth-order valence-corrected chi connectivity index (χ4v) is 2.16. The topological polar surface area (TPSA) is 72.5 Å². The van der Waals surface area contributed by atoms with E-state index in [4.69, 9.17) is 9.47 Å². The Labute approximate surface area is 134 Å². The molecule has 0 atom stereocenters. The van der Waals surface area contributed by atoms with Crippen molar-refractivity contribution in [1.82, 2.24) is 4.98 Å². The maximum Gasteiger partial charge on any atom is 0.274 e. The predicted octanol–water partition coefficient (Wildman–Crippen LogP) is 3.13. The highest BCUT2D eigenvalue weighted by atomic mass is 16.7. The number of anilines is 2. The molecule has 0 radical (unpaired) electrons. The number of rotatable bonds is 5. The fourth-order valence-electron chi connectivity index (χ4n) is 2.16. The number of amides is 1. The molecule has 0 aliphatic carbocycles. The molecule has 23 heavy (non-hydrogen) atoms. The van der Waals surface area contributed by atoms with E-state index in [0.29, 0.717) is 28.8 Å². The molecule has 1 aliphatic heterocycles. The molecule has 6 nitrogen and oxygen atoms in total. The van der Waals surface area contributed by atoms with Gasteiger partial charge in [-0.25, -0.2) is 0 Å². The van der Waals surface area contributed by atoms with Gasteiger partial charge in [-0.1, -0.05) is 13.8 Å². The Morgan fingerprint density at radius 2 is 2.00 bits per heavy atom. The van der Waals surface area contributed by atoms with Crippen LogP contribution in [-0.2, 0) is 0 Å². The van der Waals surface area contributed by atoms with Crippen LogP contribution in [-0.4, -0.2) is 24.2 Å². The van der Waals surface area contributed by atoms with Gasteiger partial charge in [0, 0.05) is 30.2 Å². The van der Waals surface area contributed by atoms with Gasteiger partial charge in [-0.15, -0.1) is 0 Å². The van der Waals surface area contributed by atoms with Crippen molar-refractivity contribution in [1.29, 1.82) is 0 Å². The molecule has 1 aromatic heterocycles. The summed E-state index contributed by atoms with van der Waals surface area (Å²) >= 11 is 0. The summed E-state index contributed by atoms with van der Waals surface area (Å²) in [4.78, 5) is 16.5. The second-order valence-corrected chi connectivity index (χ2v) is 5.73. The number of nitrogens with zero attached hydrogens (tertiary/aromatic N) is 1. The lowest BCUT2D eigenvalue weighted by molar-refractivity contribution is 0.102. The van der Waals surface area contributed by atoms with Gasteiger partial charge < -0.3 is 20.1 Å². The molecule has 0 spiro atoms. The second kappa shape index (κ2) is 6.56. The Balaban J connectivity index is 1.69. The molecule has 0 saturated heterocycles. The van der Waals surface area contributed by atoms with Crippen LogP contribution in [0.3, 0.4) is 0 Å². The number of carbonyl (C=O) groups is 1. The van der Waals surface area contributed by atoms with Gasteiger partial charge in [-0.2, -0.15) is 0 Å². The van der Waals surface area contributed by atoms with Gasteiger partial charge in [0.05, 0.1) is 0 Å². The maximum atomic E-state index is 12.3. The van der Waals surface area contributed by atoms with E-state index in [1.807, 2.05) is 6.07 Å². The first-order valence-corrected chi connectivity index (χ1v) is 7.53. The van der Waals surface area contributed by atoms with E-state index in [9.17, 15) is 4.79 Å². The summed E-state index contributed by atoms with van der Waals surface area (Å²) in [5.74, 6) is 1.57. The number of aromatic nitrogens is 1. The van der Waals surface area contributed by atoms with E-state index in [1.54, 1.807) is 30.5 Å². The quantitative estimate of drug-likeness (QED) is 0.887. The number of ether oxygens (including phenoxy) is 2. The zero-order chi connectivity index (χ0) is 16.2. The number of pyridine rings is 1. The van der Waals surface area contributed by atoms with Crippen LogP contribution in [0.15, 0.2) is 36.5 Å². The molecular weight excluding hydrogens is 294 g/mol. The first-order valence-electron chi connectivity index (χ1n) is 7.53. The third kappa shape index (κ3) is 3.71. The molecule has 120 valence electrons.